The summed E-state index contributed by atoms with van der Waals surface area (Å²) in [6, 6.07) is 13.4. The average molecular weight is 271 g/mol. The number of halogens is 1. The minimum Gasteiger partial charge on any atom is -0.489 e. The topological polar surface area (TPSA) is 21.3 Å². The van der Waals surface area contributed by atoms with E-state index >= 15 is 0 Å². The lowest BCUT2D eigenvalue weighted by atomic mass is 9.94. The van der Waals surface area contributed by atoms with Gasteiger partial charge in [0.15, 0.2) is 0 Å². The van der Waals surface area contributed by atoms with Gasteiger partial charge >= 0.3 is 0 Å². The van der Waals surface area contributed by atoms with Gasteiger partial charge in [-0.05, 0) is 43.1 Å². The Bertz CT molecular complexity index is 597. The Morgan fingerprint density at radius 1 is 1.20 bits per heavy atom. The van der Waals surface area contributed by atoms with Crippen LogP contribution in [0.4, 0.5) is 4.39 Å². The standard InChI is InChI=1S/C17H18FNO/c1-12-17-14(9-10-19-12)15(18)7-8-16(17)20-11-13-5-3-2-4-6-13/h2-8,12,19H,9-11H2,1H3. The van der Waals surface area contributed by atoms with E-state index in [1.54, 1.807) is 6.07 Å². The third-order valence-corrected chi connectivity index (χ3v) is 3.76. The van der Waals surface area contributed by atoms with Crippen LogP contribution in [0.5, 0.6) is 5.75 Å². The molecule has 1 atom stereocenters. The highest BCUT2D eigenvalue weighted by Crippen LogP contribution is 2.33. The van der Waals surface area contributed by atoms with Crippen molar-refractivity contribution in [1.29, 1.82) is 0 Å². The van der Waals surface area contributed by atoms with Gasteiger partial charge in [-0.3, -0.25) is 0 Å². The second-order valence-corrected chi connectivity index (χ2v) is 5.14. The van der Waals surface area contributed by atoms with Crippen molar-refractivity contribution in [1.82, 2.24) is 5.32 Å². The lowest BCUT2D eigenvalue weighted by Gasteiger charge is -2.26. The first-order valence-electron chi connectivity index (χ1n) is 6.97. The molecule has 104 valence electrons. The molecule has 2 aromatic carbocycles. The summed E-state index contributed by atoms with van der Waals surface area (Å²) in [6.45, 7) is 3.37. The molecule has 0 aromatic heterocycles. The summed E-state index contributed by atoms with van der Waals surface area (Å²) in [5.41, 5.74) is 2.87. The molecular formula is C17H18FNO. The van der Waals surface area contributed by atoms with Crippen molar-refractivity contribution in [2.24, 2.45) is 0 Å². The Balaban J connectivity index is 1.87. The molecule has 0 bridgehead atoms. The predicted octanol–water partition coefficient (Wildman–Crippen LogP) is 3.61. The smallest absolute Gasteiger partial charge is 0.127 e. The van der Waals surface area contributed by atoms with Crippen molar-refractivity contribution in [2.45, 2.75) is 26.0 Å². The highest BCUT2D eigenvalue weighted by Gasteiger charge is 2.23. The van der Waals surface area contributed by atoms with Gasteiger partial charge in [0.25, 0.3) is 0 Å². The Kier molecular flexibility index (Phi) is 3.70. The van der Waals surface area contributed by atoms with E-state index in [2.05, 4.69) is 5.32 Å². The largest absolute Gasteiger partial charge is 0.489 e. The zero-order valence-electron chi connectivity index (χ0n) is 11.5. The zero-order chi connectivity index (χ0) is 13.9. The van der Waals surface area contributed by atoms with Gasteiger partial charge in [0.05, 0.1) is 0 Å². The summed E-state index contributed by atoms with van der Waals surface area (Å²) >= 11 is 0. The van der Waals surface area contributed by atoms with E-state index in [1.165, 1.54) is 6.07 Å². The normalized spacial score (nSPS) is 17.6. The number of ether oxygens (including phenoxy) is 1. The molecule has 20 heavy (non-hydrogen) atoms. The van der Waals surface area contributed by atoms with Gasteiger partial charge in [-0.1, -0.05) is 30.3 Å². The number of hydrogen-bond acceptors (Lipinski definition) is 2. The minimum atomic E-state index is -0.125. The fourth-order valence-corrected chi connectivity index (χ4v) is 2.72. The molecule has 0 fully saturated rings. The van der Waals surface area contributed by atoms with Gasteiger partial charge in [-0.2, -0.15) is 0 Å². The molecule has 0 radical (unpaired) electrons. The van der Waals surface area contributed by atoms with Crippen molar-refractivity contribution < 1.29 is 9.13 Å². The average Bonchev–Trinajstić information content (AvgIpc) is 2.48. The second-order valence-electron chi connectivity index (χ2n) is 5.14. The summed E-state index contributed by atoms with van der Waals surface area (Å²) in [4.78, 5) is 0. The number of rotatable bonds is 3. The summed E-state index contributed by atoms with van der Waals surface area (Å²) in [5.74, 6) is 0.658. The molecule has 1 aliphatic rings. The molecule has 1 aliphatic heterocycles. The Morgan fingerprint density at radius 2 is 2.00 bits per heavy atom. The van der Waals surface area contributed by atoms with E-state index < -0.39 is 0 Å². The monoisotopic (exact) mass is 271 g/mol. The van der Waals surface area contributed by atoms with E-state index in [4.69, 9.17) is 4.74 Å². The Labute approximate surface area is 118 Å². The number of benzene rings is 2. The summed E-state index contributed by atoms with van der Waals surface area (Å²) in [6.07, 6.45) is 0.716. The van der Waals surface area contributed by atoms with Gasteiger partial charge in [0, 0.05) is 11.6 Å². The molecule has 1 heterocycles. The lowest BCUT2D eigenvalue weighted by molar-refractivity contribution is 0.296. The maximum atomic E-state index is 13.9. The van der Waals surface area contributed by atoms with E-state index in [1.807, 2.05) is 37.3 Å². The third kappa shape index (κ3) is 2.54. The molecular weight excluding hydrogens is 253 g/mol. The number of nitrogens with one attached hydrogen (secondary N) is 1. The molecule has 1 unspecified atom stereocenters. The minimum absolute atomic E-state index is 0.125. The Hall–Kier alpha value is -1.87. The maximum absolute atomic E-state index is 13.9. The van der Waals surface area contributed by atoms with E-state index in [-0.39, 0.29) is 11.9 Å². The maximum Gasteiger partial charge on any atom is 0.127 e. The highest BCUT2D eigenvalue weighted by molar-refractivity contribution is 5.44. The molecule has 2 nitrogen and oxygen atoms in total. The van der Waals surface area contributed by atoms with Crippen LogP contribution in [0.1, 0.15) is 29.7 Å². The van der Waals surface area contributed by atoms with Crippen LogP contribution in [0.25, 0.3) is 0 Å². The van der Waals surface area contributed by atoms with Gasteiger partial charge in [0.1, 0.15) is 18.2 Å². The third-order valence-electron chi connectivity index (χ3n) is 3.76. The van der Waals surface area contributed by atoms with Crippen LogP contribution in [0, 0.1) is 5.82 Å². The SMILES string of the molecule is CC1NCCc2c(F)ccc(OCc3ccccc3)c21. The first-order valence-corrected chi connectivity index (χ1v) is 6.97. The van der Waals surface area contributed by atoms with Crippen LogP contribution in [0.2, 0.25) is 0 Å². The zero-order valence-corrected chi connectivity index (χ0v) is 11.5. The van der Waals surface area contributed by atoms with Crippen LogP contribution in [0.15, 0.2) is 42.5 Å². The fourth-order valence-electron chi connectivity index (χ4n) is 2.72. The van der Waals surface area contributed by atoms with E-state index in [0.29, 0.717) is 13.0 Å². The first kappa shape index (κ1) is 13.1. The van der Waals surface area contributed by atoms with Crippen LogP contribution in [-0.4, -0.2) is 6.54 Å². The van der Waals surface area contributed by atoms with Crippen LogP contribution >= 0.6 is 0 Å². The Morgan fingerprint density at radius 3 is 2.80 bits per heavy atom. The molecule has 1 N–H and O–H groups in total. The number of fused-ring (bicyclic) bond motifs is 1. The molecule has 3 rings (SSSR count). The summed E-state index contributed by atoms with van der Waals surface area (Å²) in [5, 5.41) is 3.36. The molecule has 2 aromatic rings. The van der Waals surface area contributed by atoms with Crippen LogP contribution in [-0.2, 0) is 13.0 Å². The van der Waals surface area contributed by atoms with Crippen molar-refractivity contribution in [3.05, 3.63) is 65.0 Å². The van der Waals surface area contributed by atoms with Crippen molar-refractivity contribution in [3.63, 3.8) is 0 Å². The first-order chi connectivity index (χ1) is 9.75. The molecule has 0 saturated carbocycles. The molecule has 0 amide bonds. The molecule has 0 saturated heterocycles. The van der Waals surface area contributed by atoms with Gasteiger partial charge in [-0.25, -0.2) is 4.39 Å². The predicted molar refractivity (Wildman–Crippen MR) is 77.3 cm³/mol. The summed E-state index contributed by atoms with van der Waals surface area (Å²) < 4.78 is 19.8. The van der Waals surface area contributed by atoms with Crippen molar-refractivity contribution in [3.8, 4) is 5.75 Å². The van der Waals surface area contributed by atoms with Gasteiger partial charge < -0.3 is 10.1 Å². The fraction of sp³-hybridized carbons (Fsp3) is 0.294. The van der Waals surface area contributed by atoms with E-state index in [0.717, 1.165) is 29.0 Å². The van der Waals surface area contributed by atoms with Gasteiger partial charge in [0.2, 0.25) is 0 Å². The molecule has 0 aliphatic carbocycles. The van der Waals surface area contributed by atoms with Crippen LogP contribution in [0.3, 0.4) is 0 Å². The quantitative estimate of drug-likeness (QED) is 0.920. The second kappa shape index (κ2) is 5.63. The highest BCUT2D eigenvalue weighted by atomic mass is 19.1. The number of hydrogen-bond donors (Lipinski definition) is 1. The lowest BCUT2D eigenvalue weighted by Crippen LogP contribution is -2.29. The summed E-state index contributed by atoms with van der Waals surface area (Å²) in [7, 11) is 0. The van der Waals surface area contributed by atoms with Crippen molar-refractivity contribution in [2.75, 3.05) is 6.54 Å². The van der Waals surface area contributed by atoms with E-state index in [9.17, 15) is 4.39 Å². The van der Waals surface area contributed by atoms with Gasteiger partial charge in [-0.15, -0.1) is 0 Å². The molecule has 3 heteroatoms. The molecule has 0 spiro atoms. The van der Waals surface area contributed by atoms with Crippen molar-refractivity contribution >= 4 is 0 Å². The van der Waals surface area contributed by atoms with Crippen LogP contribution < -0.4 is 10.1 Å².